The Morgan fingerprint density at radius 3 is 1.35 bits per heavy atom. The zero-order valence-corrected chi connectivity index (χ0v) is 16.3. The Labute approximate surface area is 153 Å². The van der Waals surface area contributed by atoms with Gasteiger partial charge in [0, 0.05) is 37.1 Å². The quantitative estimate of drug-likeness (QED) is 0.203. The molecule has 2 unspecified atom stereocenters. The molecular weight excluding hydrogens is 352 g/mol. The summed E-state index contributed by atoms with van der Waals surface area (Å²) in [6, 6.07) is 0. The third-order valence-electron chi connectivity index (χ3n) is 4.41. The highest BCUT2D eigenvalue weighted by atomic mass is 17.7. The zero-order chi connectivity index (χ0) is 20.1. The van der Waals surface area contributed by atoms with Crippen molar-refractivity contribution in [2.75, 3.05) is 27.4 Å². The molecule has 0 aromatic rings. The second-order valence-electron chi connectivity index (χ2n) is 6.01. The summed E-state index contributed by atoms with van der Waals surface area (Å²) >= 11 is 0. The van der Waals surface area contributed by atoms with Crippen LogP contribution in [0.25, 0.3) is 0 Å². The van der Waals surface area contributed by atoms with Crippen LogP contribution in [-0.4, -0.2) is 50.9 Å². The first-order chi connectivity index (χ1) is 12.2. The van der Waals surface area contributed by atoms with Crippen LogP contribution in [-0.2, 0) is 38.8 Å². The van der Waals surface area contributed by atoms with Crippen molar-refractivity contribution in [3.8, 4) is 0 Å². The minimum atomic E-state index is -1.16. The number of carbonyl (C=O) groups excluding carboxylic acids is 2. The van der Waals surface area contributed by atoms with E-state index in [1.165, 1.54) is 0 Å². The largest absolute Gasteiger partial charge is 0.542 e. The highest BCUT2D eigenvalue weighted by Crippen LogP contribution is 2.19. The maximum Gasteiger partial charge on any atom is 0.542 e. The van der Waals surface area contributed by atoms with Crippen molar-refractivity contribution in [3.05, 3.63) is 0 Å². The van der Waals surface area contributed by atoms with Crippen LogP contribution in [0.15, 0.2) is 0 Å². The van der Waals surface area contributed by atoms with Crippen molar-refractivity contribution in [3.63, 3.8) is 0 Å². The highest BCUT2D eigenvalue weighted by molar-refractivity contribution is 5.59. The summed E-state index contributed by atoms with van der Waals surface area (Å²) in [6.07, 6.45) is 0.123. The van der Waals surface area contributed by atoms with Crippen LogP contribution in [0.4, 0.5) is 9.59 Å². The van der Waals surface area contributed by atoms with Gasteiger partial charge >= 0.3 is 12.3 Å². The van der Waals surface area contributed by atoms with Crippen molar-refractivity contribution >= 4 is 12.3 Å². The average molecular weight is 382 g/mol. The molecule has 0 rings (SSSR count). The molecule has 0 amide bonds. The van der Waals surface area contributed by atoms with Crippen LogP contribution in [0, 0.1) is 0 Å². The Hall–Kier alpha value is -1.62. The average Bonchev–Trinajstić information content (AvgIpc) is 2.64. The first-order valence-corrected chi connectivity index (χ1v) is 8.36. The topological polar surface area (TPSA) is 108 Å². The molecule has 26 heavy (non-hydrogen) atoms. The molecule has 10 heteroatoms. The van der Waals surface area contributed by atoms with Crippen molar-refractivity contribution in [1.82, 2.24) is 0 Å². The first-order valence-electron chi connectivity index (χ1n) is 8.36. The molecule has 0 bridgehead atoms. The van der Waals surface area contributed by atoms with Gasteiger partial charge in [0.05, 0.1) is 24.4 Å². The lowest BCUT2D eigenvalue weighted by Gasteiger charge is -2.25. The molecule has 0 saturated heterocycles. The Balaban J connectivity index is 3.75. The van der Waals surface area contributed by atoms with Gasteiger partial charge in [0.15, 0.2) is 0 Å². The van der Waals surface area contributed by atoms with Gasteiger partial charge in [-0.05, 0) is 26.7 Å². The van der Waals surface area contributed by atoms with E-state index in [-0.39, 0.29) is 13.2 Å². The molecule has 10 nitrogen and oxygen atoms in total. The Morgan fingerprint density at radius 2 is 1.08 bits per heavy atom. The summed E-state index contributed by atoms with van der Waals surface area (Å²) in [7, 11) is 3.15. The van der Waals surface area contributed by atoms with Crippen molar-refractivity contribution in [2.24, 2.45) is 0 Å². The Morgan fingerprint density at radius 1 is 0.731 bits per heavy atom. The predicted molar refractivity (Wildman–Crippen MR) is 87.7 cm³/mol. The fraction of sp³-hybridized carbons (Fsp3) is 0.875. The second kappa shape index (κ2) is 12.7. The summed E-state index contributed by atoms with van der Waals surface area (Å²) in [4.78, 5) is 30.6. The molecule has 0 spiro atoms. The predicted octanol–water partition coefficient (Wildman–Crippen LogP) is 3.48. The molecule has 154 valence electrons. The number of rotatable bonds is 13. The van der Waals surface area contributed by atoms with Crippen LogP contribution in [0.3, 0.4) is 0 Å². The highest BCUT2D eigenvalue weighted by Gasteiger charge is 2.23. The minimum Gasteiger partial charge on any atom is -0.432 e. The third kappa shape index (κ3) is 10.4. The molecule has 0 radical (unpaired) electrons. The number of carbonyl (C=O) groups is 2. The summed E-state index contributed by atoms with van der Waals surface area (Å²) in [6.45, 7) is 7.78. The maximum absolute atomic E-state index is 11.2. The number of hydrogen-bond acceptors (Lipinski definition) is 10. The van der Waals surface area contributed by atoms with Crippen LogP contribution >= 0.6 is 0 Å². The van der Waals surface area contributed by atoms with E-state index in [9.17, 15) is 9.59 Å². The monoisotopic (exact) mass is 382 g/mol. The maximum atomic E-state index is 11.2. The van der Waals surface area contributed by atoms with E-state index in [1.54, 1.807) is 14.2 Å². The van der Waals surface area contributed by atoms with E-state index in [1.807, 2.05) is 27.7 Å². The molecule has 0 aliphatic rings. The van der Waals surface area contributed by atoms with E-state index in [2.05, 4.69) is 19.9 Å². The number of ether oxygens (including phenoxy) is 4. The SMILES string of the molecule is CCC(C)(CCOC(=O)OOOOC(=O)OCCC(C)(CC)OC)OC. The minimum absolute atomic E-state index is 0.0545. The van der Waals surface area contributed by atoms with Gasteiger partial charge in [0.25, 0.3) is 0 Å². The second-order valence-corrected chi connectivity index (χ2v) is 6.01. The third-order valence-corrected chi connectivity index (χ3v) is 4.41. The molecule has 0 aliphatic carbocycles. The summed E-state index contributed by atoms with van der Waals surface area (Å²) < 4.78 is 20.1. The fourth-order valence-electron chi connectivity index (χ4n) is 1.68. The lowest BCUT2D eigenvalue weighted by molar-refractivity contribution is -0.601. The lowest BCUT2D eigenvalue weighted by atomic mass is 10.00. The zero-order valence-electron chi connectivity index (χ0n) is 16.3. The molecule has 0 saturated carbocycles. The van der Waals surface area contributed by atoms with Gasteiger partial charge in [-0.2, -0.15) is 0 Å². The number of methoxy groups -OCH3 is 2. The van der Waals surface area contributed by atoms with Crippen molar-refractivity contribution in [1.29, 1.82) is 0 Å². The van der Waals surface area contributed by atoms with Gasteiger partial charge in [-0.1, -0.05) is 13.8 Å². The molecule has 0 aromatic heterocycles. The van der Waals surface area contributed by atoms with Crippen LogP contribution in [0.1, 0.15) is 53.4 Å². The molecule has 0 N–H and O–H groups in total. The molecule has 2 atom stereocenters. The summed E-state index contributed by atoms with van der Waals surface area (Å²) in [5.74, 6) is 0. The van der Waals surface area contributed by atoms with E-state index in [0.717, 1.165) is 12.8 Å². The molecule has 0 fully saturated rings. The van der Waals surface area contributed by atoms with Crippen molar-refractivity contribution < 1.29 is 48.4 Å². The van der Waals surface area contributed by atoms with Gasteiger partial charge in [0.2, 0.25) is 0 Å². The van der Waals surface area contributed by atoms with Gasteiger partial charge < -0.3 is 18.9 Å². The van der Waals surface area contributed by atoms with E-state index >= 15 is 0 Å². The van der Waals surface area contributed by atoms with Gasteiger partial charge in [-0.3, -0.25) is 0 Å². The summed E-state index contributed by atoms with van der Waals surface area (Å²) in [5.41, 5.74) is -0.803. The molecular formula is C16H30O10. The Bertz CT molecular complexity index is 366. The van der Waals surface area contributed by atoms with Crippen LogP contribution in [0.2, 0.25) is 0 Å². The van der Waals surface area contributed by atoms with E-state index in [0.29, 0.717) is 12.8 Å². The summed E-state index contributed by atoms with van der Waals surface area (Å²) in [5, 5.41) is 7.87. The van der Waals surface area contributed by atoms with Gasteiger partial charge in [0.1, 0.15) is 0 Å². The normalized spacial score (nSPS) is 15.5. The fourth-order valence-corrected chi connectivity index (χ4v) is 1.68. The molecule has 0 heterocycles. The molecule has 0 aromatic carbocycles. The van der Waals surface area contributed by atoms with Gasteiger partial charge in [-0.15, -0.1) is 0 Å². The van der Waals surface area contributed by atoms with Crippen LogP contribution in [0.5, 0.6) is 0 Å². The van der Waals surface area contributed by atoms with Gasteiger partial charge in [-0.25, -0.2) is 19.4 Å². The molecule has 0 aliphatic heterocycles. The van der Waals surface area contributed by atoms with Crippen molar-refractivity contribution in [2.45, 2.75) is 64.6 Å². The smallest absolute Gasteiger partial charge is 0.432 e. The van der Waals surface area contributed by atoms with Crippen LogP contribution < -0.4 is 0 Å². The number of hydrogen-bond donors (Lipinski definition) is 0. The first kappa shape index (κ1) is 24.4. The lowest BCUT2D eigenvalue weighted by Crippen LogP contribution is -2.28. The standard InChI is InChI=1S/C16H30O10/c1-7-15(3,19-5)9-11-21-13(17)23-25-26-24-14(18)22-12-10-16(4,8-2)20-6/h7-12H2,1-6H3. The Kier molecular flexibility index (Phi) is 11.9. The van der Waals surface area contributed by atoms with E-state index in [4.69, 9.17) is 18.9 Å². The van der Waals surface area contributed by atoms with E-state index < -0.39 is 23.5 Å².